The number of carboxylic acid groups (broad SMARTS) is 1. The number of anilines is 1. The second kappa shape index (κ2) is 5.88. The molecule has 2 aromatic rings. The van der Waals surface area contributed by atoms with Gasteiger partial charge in [0, 0.05) is 12.1 Å². The monoisotopic (exact) mass is 297 g/mol. The van der Waals surface area contributed by atoms with Crippen molar-refractivity contribution in [3.8, 4) is 0 Å². The predicted octanol–water partition coefficient (Wildman–Crippen LogP) is 3.93. The number of carboxylic acids is 1. The first kappa shape index (κ1) is 14.3. The molecule has 0 aliphatic rings. The van der Waals surface area contributed by atoms with Gasteiger partial charge in [-0.05, 0) is 36.4 Å². The second-order valence-corrected chi connectivity index (χ2v) is 4.50. The molecule has 0 amide bonds. The SMILES string of the molecule is O=C(O)c1ccc(F)c(CNc2cc(F)ccc2Cl)c1. The Labute approximate surface area is 118 Å². The molecule has 3 nitrogen and oxygen atoms in total. The normalized spacial score (nSPS) is 10.3. The Morgan fingerprint density at radius 1 is 1.20 bits per heavy atom. The van der Waals surface area contributed by atoms with E-state index in [9.17, 15) is 13.6 Å². The third kappa shape index (κ3) is 3.24. The van der Waals surface area contributed by atoms with E-state index in [1.807, 2.05) is 0 Å². The molecule has 0 aliphatic carbocycles. The molecule has 0 aromatic heterocycles. The Bertz CT molecular complexity index is 662. The molecule has 104 valence electrons. The average molecular weight is 298 g/mol. The number of aromatic carboxylic acids is 1. The maximum Gasteiger partial charge on any atom is 0.335 e. The van der Waals surface area contributed by atoms with Crippen LogP contribution in [0.4, 0.5) is 14.5 Å². The summed E-state index contributed by atoms with van der Waals surface area (Å²) in [6.45, 7) is -0.00384. The third-order valence-electron chi connectivity index (χ3n) is 2.69. The Balaban J connectivity index is 2.20. The maximum absolute atomic E-state index is 13.6. The van der Waals surface area contributed by atoms with Crippen LogP contribution in [-0.2, 0) is 6.54 Å². The summed E-state index contributed by atoms with van der Waals surface area (Å²) in [7, 11) is 0. The van der Waals surface area contributed by atoms with Gasteiger partial charge in [-0.1, -0.05) is 11.6 Å². The second-order valence-electron chi connectivity index (χ2n) is 4.09. The predicted molar refractivity (Wildman–Crippen MR) is 72.1 cm³/mol. The Morgan fingerprint density at radius 2 is 1.95 bits per heavy atom. The van der Waals surface area contributed by atoms with Gasteiger partial charge in [-0.25, -0.2) is 13.6 Å². The molecule has 0 radical (unpaired) electrons. The zero-order chi connectivity index (χ0) is 14.7. The standard InChI is InChI=1S/C14H10ClF2NO2/c15-11-3-2-10(16)6-13(11)18-7-9-5-8(14(19)20)1-4-12(9)17/h1-6,18H,7H2,(H,19,20). The fraction of sp³-hybridized carbons (Fsp3) is 0.0714. The van der Waals surface area contributed by atoms with Crippen LogP contribution in [0, 0.1) is 11.6 Å². The number of rotatable bonds is 4. The summed E-state index contributed by atoms with van der Waals surface area (Å²) >= 11 is 5.87. The summed E-state index contributed by atoms with van der Waals surface area (Å²) in [5, 5.41) is 11.9. The van der Waals surface area contributed by atoms with Crippen LogP contribution in [0.3, 0.4) is 0 Å². The first-order chi connectivity index (χ1) is 9.47. The van der Waals surface area contributed by atoms with Crippen molar-refractivity contribution in [3.63, 3.8) is 0 Å². The molecule has 0 spiro atoms. The molecule has 0 atom stereocenters. The van der Waals surface area contributed by atoms with Crippen LogP contribution in [-0.4, -0.2) is 11.1 Å². The highest BCUT2D eigenvalue weighted by molar-refractivity contribution is 6.33. The summed E-state index contributed by atoms with van der Waals surface area (Å²) in [4.78, 5) is 10.8. The number of benzene rings is 2. The van der Waals surface area contributed by atoms with Crippen LogP contribution in [0.5, 0.6) is 0 Å². The van der Waals surface area contributed by atoms with Crippen molar-refractivity contribution < 1.29 is 18.7 Å². The number of hydrogen-bond donors (Lipinski definition) is 2. The molecule has 0 heterocycles. The highest BCUT2D eigenvalue weighted by atomic mass is 35.5. The lowest BCUT2D eigenvalue weighted by atomic mass is 10.1. The molecule has 6 heteroatoms. The fourth-order valence-corrected chi connectivity index (χ4v) is 1.85. The van der Waals surface area contributed by atoms with Gasteiger partial charge < -0.3 is 10.4 Å². The van der Waals surface area contributed by atoms with E-state index in [-0.39, 0.29) is 17.7 Å². The lowest BCUT2D eigenvalue weighted by molar-refractivity contribution is 0.0696. The van der Waals surface area contributed by atoms with Gasteiger partial charge in [0.25, 0.3) is 0 Å². The summed E-state index contributed by atoms with van der Waals surface area (Å²) in [5.41, 5.74) is 0.450. The van der Waals surface area contributed by atoms with Crippen molar-refractivity contribution in [3.05, 3.63) is 64.2 Å². The average Bonchev–Trinajstić information content (AvgIpc) is 2.41. The highest BCUT2D eigenvalue weighted by Gasteiger charge is 2.09. The van der Waals surface area contributed by atoms with E-state index < -0.39 is 17.6 Å². The van der Waals surface area contributed by atoms with Crippen LogP contribution < -0.4 is 5.32 Å². The van der Waals surface area contributed by atoms with Gasteiger partial charge in [-0.2, -0.15) is 0 Å². The maximum atomic E-state index is 13.6. The van der Waals surface area contributed by atoms with Crippen molar-refractivity contribution in [1.29, 1.82) is 0 Å². The van der Waals surface area contributed by atoms with Gasteiger partial charge >= 0.3 is 5.97 Å². The van der Waals surface area contributed by atoms with Gasteiger partial charge in [0.05, 0.1) is 16.3 Å². The number of halogens is 3. The molecule has 0 aliphatic heterocycles. The summed E-state index contributed by atoms with van der Waals surface area (Å²) in [6, 6.07) is 7.24. The first-order valence-corrected chi connectivity index (χ1v) is 6.06. The van der Waals surface area contributed by atoms with E-state index in [0.29, 0.717) is 10.7 Å². The quantitative estimate of drug-likeness (QED) is 0.899. The minimum absolute atomic E-state index is 0.00384. The molecular weight excluding hydrogens is 288 g/mol. The topological polar surface area (TPSA) is 49.3 Å². The molecule has 20 heavy (non-hydrogen) atoms. The Hall–Kier alpha value is -2.14. The van der Waals surface area contributed by atoms with Gasteiger partial charge in [0.2, 0.25) is 0 Å². The fourth-order valence-electron chi connectivity index (χ4n) is 1.67. The van der Waals surface area contributed by atoms with Crippen molar-refractivity contribution >= 4 is 23.3 Å². The molecule has 0 fully saturated rings. The van der Waals surface area contributed by atoms with Gasteiger partial charge in [0.15, 0.2) is 0 Å². The summed E-state index contributed by atoms with van der Waals surface area (Å²) in [6.07, 6.45) is 0. The third-order valence-corrected chi connectivity index (χ3v) is 3.02. The van der Waals surface area contributed by atoms with Crippen LogP contribution >= 0.6 is 11.6 Å². The highest BCUT2D eigenvalue weighted by Crippen LogP contribution is 2.23. The van der Waals surface area contributed by atoms with Gasteiger partial charge in [0.1, 0.15) is 11.6 Å². The van der Waals surface area contributed by atoms with Crippen molar-refractivity contribution in [2.45, 2.75) is 6.54 Å². The molecule has 0 saturated carbocycles. The summed E-state index contributed by atoms with van der Waals surface area (Å²) < 4.78 is 26.6. The molecule has 2 rings (SSSR count). The molecule has 0 unspecified atom stereocenters. The minimum atomic E-state index is -1.14. The van der Waals surface area contributed by atoms with E-state index >= 15 is 0 Å². The van der Waals surface area contributed by atoms with Gasteiger partial charge in [-0.3, -0.25) is 0 Å². The van der Waals surface area contributed by atoms with Crippen LogP contribution in [0.15, 0.2) is 36.4 Å². The molecule has 2 aromatic carbocycles. The smallest absolute Gasteiger partial charge is 0.335 e. The molecule has 2 N–H and O–H groups in total. The molecule has 0 saturated heterocycles. The lowest BCUT2D eigenvalue weighted by Gasteiger charge is -2.10. The Kier molecular flexibility index (Phi) is 4.20. The molecular formula is C14H10ClF2NO2. The lowest BCUT2D eigenvalue weighted by Crippen LogP contribution is -2.05. The largest absolute Gasteiger partial charge is 0.478 e. The number of hydrogen-bond acceptors (Lipinski definition) is 2. The van der Waals surface area contributed by atoms with E-state index in [4.69, 9.17) is 16.7 Å². The minimum Gasteiger partial charge on any atom is -0.478 e. The van der Waals surface area contributed by atoms with Crippen LogP contribution in [0.1, 0.15) is 15.9 Å². The van der Waals surface area contributed by atoms with Crippen molar-refractivity contribution in [2.75, 3.05) is 5.32 Å². The zero-order valence-corrected chi connectivity index (χ0v) is 10.9. The number of nitrogens with one attached hydrogen (secondary N) is 1. The zero-order valence-electron chi connectivity index (χ0n) is 10.2. The molecule has 0 bridgehead atoms. The van der Waals surface area contributed by atoms with Crippen molar-refractivity contribution in [2.24, 2.45) is 0 Å². The number of carbonyl (C=O) groups is 1. The first-order valence-electron chi connectivity index (χ1n) is 5.68. The van der Waals surface area contributed by atoms with E-state index in [0.717, 1.165) is 6.07 Å². The van der Waals surface area contributed by atoms with Crippen molar-refractivity contribution in [1.82, 2.24) is 0 Å². The Morgan fingerprint density at radius 3 is 2.65 bits per heavy atom. The van der Waals surface area contributed by atoms with E-state index in [2.05, 4.69) is 5.32 Å². The van der Waals surface area contributed by atoms with Gasteiger partial charge in [-0.15, -0.1) is 0 Å². The summed E-state index contributed by atoms with van der Waals surface area (Å²) in [5.74, 6) is -2.17. The van der Waals surface area contributed by atoms with E-state index in [1.165, 1.54) is 30.3 Å². The van der Waals surface area contributed by atoms with Crippen LogP contribution in [0.25, 0.3) is 0 Å². The van der Waals surface area contributed by atoms with E-state index in [1.54, 1.807) is 0 Å². The van der Waals surface area contributed by atoms with Crippen LogP contribution in [0.2, 0.25) is 5.02 Å².